The van der Waals surface area contributed by atoms with E-state index in [2.05, 4.69) is 15.1 Å². The van der Waals surface area contributed by atoms with Gasteiger partial charge in [-0.2, -0.15) is 5.10 Å². The molecule has 0 fully saturated rings. The van der Waals surface area contributed by atoms with Crippen molar-refractivity contribution in [3.05, 3.63) is 34.3 Å². The molecule has 3 N–H and O–H groups in total. The number of amides is 2. The Morgan fingerprint density at radius 1 is 1.10 bits per heavy atom. The third-order valence-corrected chi connectivity index (χ3v) is 7.49. The van der Waals surface area contributed by atoms with E-state index < -0.39 is 15.9 Å². The maximum absolute atomic E-state index is 14.8. The van der Waals surface area contributed by atoms with Crippen molar-refractivity contribution in [3.8, 4) is 5.88 Å². The van der Waals surface area contributed by atoms with E-state index in [1.807, 2.05) is 0 Å². The van der Waals surface area contributed by atoms with E-state index in [0.717, 1.165) is 36.8 Å². The number of urea groups is 1. The fourth-order valence-electron chi connectivity index (χ4n) is 4.75. The number of anilines is 1. The summed E-state index contributed by atoms with van der Waals surface area (Å²) in [7, 11) is -3.67. The molecule has 1 atom stereocenters. The van der Waals surface area contributed by atoms with Gasteiger partial charge in [0.05, 0.1) is 12.8 Å². The van der Waals surface area contributed by atoms with Crippen molar-refractivity contribution < 1.29 is 18.1 Å². The number of ether oxygens (including phenoxy) is 1. The molecule has 0 spiro atoms. The van der Waals surface area contributed by atoms with Gasteiger partial charge in [0.1, 0.15) is 10.7 Å². The zero-order valence-electron chi connectivity index (χ0n) is 16.6. The molecule has 3 aliphatic rings. The molecule has 2 heterocycles. The second-order valence-corrected chi connectivity index (χ2v) is 9.77. The van der Waals surface area contributed by atoms with Gasteiger partial charge in [0.25, 0.3) is 0 Å². The summed E-state index contributed by atoms with van der Waals surface area (Å²) in [6.07, 6.45) is 7.48. The number of fused-ring (bicyclic) bond motifs is 3. The van der Waals surface area contributed by atoms with Crippen LogP contribution in [0, 0.1) is 10.6 Å². The molecule has 30 heavy (non-hydrogen) atoms. The second kappa shape index (κ2) is 7.26. The summed E-state index contributed by atoms with van der Waals surface area (Å²) in [5.41, 5.74) is 3.68. The summed E-state index contributed by atoms with van der Waals surface area (Å²) in [6, 6.07) is -0.738. The van der Waals surface area contributed by atoms with Crippen molar-refractivity contribution >= 4 is 21.6 Å². The SMILES string of the molecule is N=S(=O)(NC(=O)Nc1c2c(c(F)c3c1CCC3)CCC2)c1cnn2c1OCCCC2. The highest BCUT2D eigenvalue weighted by Crippen LogP contribution is 2.41. The van der Waals surface area contributed by atoms with Gasteiger partial charge in [0.15, 0.2) is 9.92 Å². The number of benzene rings is 1. The molecule has 0 radical (unpaired) electrons. The minimum Gasteiger partial charge on any atom is -0.477 e. The number of hydrogen-bond acceptors (Lipinski definition) is 5. The Hall–Kier alpha value is -2.62. The monoisotopic (exact) mass is 433 g/mol. The number of hydrogen-bond donors (Lipinski definition) is 3. The predicted octanol–water partition coefficient (Wildman–Crippen LogP) is 3.31. The molecule has 2 aromatic rings. The lowest BCUT2D eigenvalue weighted by Crippen LogP contribution is -2.34. The van der Waals surface area contributed by atoms with Crippen LogP contribution in [0.1, 0.15) is 47.9 Å². The van der Waals surface area contributed by atoms with Crippen LogP contribution in [0.2, 0.25) is 0 Å². The minimum atomic E-state index is -3.67. The van der Waals surface area contributed by atoms with Crippen LogP contribution in [0.5, 0.6) is 5.88 Å². The van der Waals surface area contributed by atoms with Gasteiger partial charge in [0, 0.05) is 12.2 Å². The van der Waals surface area contributed by atoms with E-state index in [1.165, 1.54) is 6.20 Å². The zero-order chi connectivity index (χ0) is 20.9. The van der Waals surface area contributed by atoms with E-state index in [0.29, 0.717) is 55.6 Å². The number of aryl methyl sites for hydroxylation is 1. The van der Waals surface area contributed by atoms with Crippen molar-refractivity contribution in [2.75, 3.05) is 11.9 Å². The number of halogens is 1. The lowest BCUT2D eigenvalue weighted by molar-refractivity contribution is 0.256. The zero-order valence-corrected chi connectivity index (χ0v) is 17.4. The highest BCUT2D eigenvalue weighted by atomic mass is 32.2. The molecular formula is C20H24FN5O3S. The van der Waals surface area contributed by atoms with E-state index >= 15 is 0 Å². The lowest BCUT2D eigenvalue weighted by Gasteiger charge is -2.18. The second-order valence-electron chi connectivity index (χ2n) is 8.02. The fraction of sp³-hybridized carbons (Fsp3) is 0.500. The summed E-state index contributed by atoms with van der Waals surface area (Å²) in [5, 5.41) is 6.95. The Balaban J connectivity index is 1.42. The van der Waals surface area contributed by atoms with Crippen LogP contribution >= 0.6 is 0 Å². The van der Waals surface area contributed by atoms with Gasteiger partial charge < -0.3 is 10.1 Å². The molecule has 0 saturated heterocycles. The molecule has 160 valence electrons. The number of aromatic nitrogens is 2. The standard InChI is InChI=1S/C20H24FN5O3S/c21-17-12-5-3-7-14(12)18(15-8-4-6-13(15)17)24-20(27)25-30(22,28)16-11-23-26-9-1-2-10-29-19(16)26/h11H,1-10H2,(H3,22,24,25,27,28). The third kappa shape index (κ3) is 3.13. The molecule has 1 aromatic heterocycles. The fourth-order valence-corrected chi connectivity index (χ4v) is 5.78. The van der Waals surface area contributed by atoms with E-state index in [4.69, 9.17) is 9.52 Å². The summed E-state index contributed by atoms with van der Waals surface area (Å²) in [6.45, 7) is 1.07. The summed E-state index contributed by atoms with van der Waals surface area (Å²) < 4.78 is 45.7. The lowest BCUT2D eigenvalue weighted by atomic mass is 9.98. The maximum atomic E-state index is 14.8. The Bertz CT molecular complexity index is 1110. The largest absolute Gasteiger partial charge is 0.477 e. The van der Waals surface area contributed by atoms with Crippen LogP contribution in [-0.2, 0) is 42.1 Å². The third-order valence-electron chi connectivity index (χ3n) is 6.12. The predicted molar refractivity (Wildman–Crippen MR) is 109 cm³/mol. The first kappa shape index (κ1) is 19.3. The van der Waals surface area contributed by atoms with Crippen molar-refractivity contribution in [2.24, 2.45) is 0 Å². The van der Waals surface area contributed by atoms with Gasteiger partial charge >= 0.3 is 6.03 Å². The van der Waals surface area contributed by atoms with Crippen LogP contribution in [-0.4, -0.2) is 26.6 Å². The Labute approximate surface area is 174 Å². The van der Waals surface area contributed by atoms with Gasteiger partial charge in [0.2, 0.25) is 5.88 Å². The van der Waals surface area contributed by atoms with Crippen molar-refractivity contribution in [3.63, 3.8) is 0 Å². The average molecular weight is 434 g/mol. The van der Waals surface area contributed by atoms with Crippen LogP contribution in [0.25, 0.3) is 0 Å². The highest BCUT2D eigenvalue weighted by Gasteiger charge is 2.31. The van der Waals surface area contributed by atoms with Crippen LogP contribution in [0.3, 0.4) is 0 Å². The molecule has 10 heteroatoms. The molecule has 0 bridgehead atoms. The average Bonchev–Trinajstić information content (AvgIpc) is 3.42. The van der Waals surface area contributed by atoms with Crippen molar-refractivity contribution in [1.29, 1.82) is 4.78 Å². The maximum Gasteiger partial charge on any atom is 0.331 e. The normalized spacial score (nSPS) is 19.1. The van der Waals surface area contributed by atoms with Crippen LogP contribution < -0.4 is 14.8 Å². The minimum absolute atomic E-state index is 0.0640. The molecule has 0 saturated carbocycles. The molecule has 2 aliphatic carbocycles. The first-order chi connectivity index (χ1) is 14.5. The quantitative estimate of drug-likeness (QED) is 0.690. The van der Waals surface area contributed by atoms with E-state index in [9.17, 15) is 13.4 Å². The van der Waals surface area contributed by atoms with Crippen molar-refractivity contribution in [2.45, 2.75) is 62.8 Å². The smallest absolute Gasteiger partial charge is 0.331 e. The first-order valence-electron chi connectivity index (χ1n) is 10.4. The summed E-state index contributed by atoms with van der Waals surface area (Å²) >= 11 is 0. The number of carbonyl (C=O) groups is 1. The Kier molecular flexibility index (Phi) is 4.68. The van der Waals surface area contributed by atoms with Crippen LogP contribution in [0.4, 0.5) is 14.9 Å². The molecule has 1 unspecified atom stereocenters. The summed E-state index contributed by atoms with van der Waals surface area (Å²) in [4.78, 5) is 12.8. The van der Waals surface area contributed by atoms with Gasteiger partial charge in [-0.05, 0) is 73.6 Å². The number of nitrogens with one attached hydrogen (secondary N) is 3. The molecule has 5 rings (SSSR count). The Morgan fingerprint density at radius 2 is 1.77 bits per heavy atom. The van der Waals surface area contributed by atoms with Crippen LogP contribution in [0.15, 0.2) is 11.1 Å². The summed E-state index contributed by atoms with van der Waals surface area (Å²) in [5.74, 6) is 0.154. The van der Waals surface area contributed by atoms with Gasteiger partial charge in [-0.15, -0.1) is 0 Å². The molecule has 2 amide bonds. The molecule has 1 aliphatic heterocycles. The van der Waals surface area contributed by atoms with Gasteiger partial charge in [-0.1, -0.05) is 0 Å². The van der Waals surface area contributed by atoms with Gasteiger partial charge in [-0.25, -0.2) is 27.6 Å². The van der Waals surface area contributed by atoms with E-state index in [1.54, 1.807) is 4.68 Å². The molecular weight excluding hydrogens is 409 g/mol. The Morgan fingerprint density at radius 3 is 2.47 bits per heavy atom. The number of carbonyl (C=O) groups excluding carboxylic acids is 1. The topological polar surface area (TPSA) is 109 Å². The molecule has 8 nitrogen and oxygen atoms in total. The number of rotatable bonds is 3. The van der Waals surface area contributed by atoms with Crippen molar-refractivity contribution in [1.82, 2.24) is 14.5 Å². The number of nitrogens with zero attached hydrogens (tertiary/aromatic N) is 2. The molecule has 1 aromatic carbocycles. The highest BCUT2D eigenvalue weighted by molar-refractivity contribution is 7.91. The first-order valence-corrected chi connectivity index (χ1v) is 11.9. The van der Waals surface area contributed by atoms with Gasteiger partial charge in [-0.3, -0.25) is 0 Å². The van der Waals surface area contributed by atoms with E-state index in [-0.39, 0.29) is 16.6 Å².